The van der Waals surface area contributed by atoms with Gasteiger partial charge in [0.05, 0.1) is 44.2 Å². The summed E-state index contributed by atoms with van der Waals surface area (Å²) in [6, 6.07) is 0. The molecule has 4 aliphatic heterocycles. The second-order valence-electron chi connectivity index (χ2n) is 18.9. The molecule has 54 heavy (non-hydrogen) atoms. The third kappa shape index (κ3) is 6.18. The van der Waals surface area contributed by atoms with Gasteiger partial charge in [0.15, 0.2) is 18.4 Å². The maximum Gasteiger partial charge on any atom is 0.186 e. The average Bonchev–Trinajstić information content (AvgIpc) is 3.58. The molecule has 0 aromatic carbocycles. The van der Waals surface area contributed by atoms with E-state index >= 15 is 0 Å². The Morgan fingerprint density at radius 2 is 1.43 bits per heavy atom. The van der Waals surface area contributed by atoms with E-state index in [0.29, 0.717) is 43.1 Å². The zero-order chi connectivity index (χ0) is 38.6. The normalized spacial score (nSPS) is 60.1. The highest BCUT2D eigenvalue weighted by Crippen LogP contribution is 2.71. The van der Waals surface area contributed by atoms with E-state index in [0.717, 1.165) is 38.5 Å². The molecule has 0 amide bonds. The summed E-state index contributed by atoms with van der Waals surface area (Å²) in [4.78, 5) is 0. The first-order valence-electron chi connectivity index (χ1n) is 20.5. The average molecular weight is 773 g/mol. The first-order valence-corrected chi connectivity index (χ1v) is 20.5. The molecule has 8 rings (SSSR count). The lowest BCUT2D eigenvalue weighted by molar-refractivity contribution is -0.353. The SMILES string of the molecule is C[C@H]1CO[C@]2(C[C@@H]1O[C@@H]1O[C@H](CO[C@@H]3O[C@H](CO)[C@@H](O)[C@H](O)[C@H]3O)[C@@H](O)[C@H](O)[C@H]1O)OC1C[C@H]3[C@@H]4CC[C@@H]5C[C@@H](O)C[C@@H](O)[C@]5(C)[C@H]4CC[C@]3(C)[C@H]1[C@@H]2C. The van der Waals surface area contributed by atoms with Gasteiger partial charge in [0.1, 0.15) is 48.8 Å². The third-order valence-electron chi connectivity index (χ3n) is 16.4. The van der Waals surface area contributed by atoms with Crippen LogP contribution in [0.1, 0.15) is 79.1 Å². The first-order chi connectivity index (χ1) is 25.5. The second kappa shape index (κ2) is 14.6. The Kier molecular flexibility index (Phi) is 10.9. The Hall–Kier alpha value is -0.600. The Morgan fingerprint density at radius 1 is 0.741 bits per heavy atom. The molecular formula is C39H64O15. The fraction of sp³-hybridized carbons (Fsp3) is 1.00. The maximum absolute atomic E-state index is 11.4. The monoisotopic (exact) mass is 772 g/mol. The summed E-state index contributed by atoms with van der Waals surface area (Å²) in [5.74, 6) is 1.01. The van der Waals surface area contributed by atoms with Crippen molar-refractivity contribution in [3.8, 4) is 0 Å². The highest BCUT2D eigenvalue weighted by Gasteiger charge is 2.70. The van der Waals surface area contributed by atoms with Crippen molar-refractivity contribution in [2.75, 3.05) is 19.8 Å². The number of aliphatic hydroxyl groups is 9. The van der Waals surface area contributed by atoms with Gasteiger partial charge in [-0.25, -0.2) is 0 Å². The summed E-state index contributed by atoms with van der Waals surface area (Å²) >= 11 is 0. The highest BCUT2D eigenvalue weighted by molar-refractivity contribution is 5.16. The van der Waals surface area contributed by atoms with Crippen molar-refractivity contribution in [3.63, 3.8) is 0 Å². The zero-order valence-electron chi connectivity index (χ0n) is 31.9. The van der Waals surface area contributed by atoms with Gasteiger partial charge in [-0.15, -0.1) is 0 Å². The molecule has 8 fully saturated rings. The lowest BCUT2D eigenvalue weighted by atomic mass is 9.43. The molecule has 24 atom stereocenters. The summed E-state index contributed by atoms with van der Waals surface area (Å²) < 4.78 is 37.1. The molecule has 0 aromatic rings. The van der Waals surface area contributed by atoms with Crippen molar-refractivity contribution in [1.29, 1.82) is 0 Å². The zero-order valence-corrected chi connectivity index (χ0v) is 31.9. The van der Waals surface area contributed by atoms with Crippen LogP contribution in [0.2, 0.25) is 0 Å². The number of ether oxygens (including phenoxy) is 6. The number of aliphatic hydroxyl groups excluding tert-OH is 9. The van der Waals surface area contributed by atoms with Crippen LogP contribution in [0, 0.1) is 52.3 Å². The van der Waals surface area contributed by atoms with Gasteiger partial charge in [0.25, 0.3) is 0 Å². The minimum absolute atomic E-state index is 0.00359. The topological polar surface area (TPSA) is 237 Å². The van der Waals surface area contributed by atoms with Gasteiger partial charge < -0.3 is 74.4 Å². The van der Waals surface area contributed by atoms with E-state index in [2.05, 4.69) is 20.8 Å². The first kappa shape index (κ1) is 40.2. The van der Waals surface area contributed by atoms with Crippen LogP contribution in [-0.4, -0.2) is 157 Å². The summed E-state index contributed by atoms with van der Waals surface area (Å²) in [5.41, 5.74) is -0.139. The van der Waals surface area contributed by atoms with Crippen LogP contribution in [0.4, 0.5) is 0 Å². The standard InChI is InChI=1S/C39H64O15/c1-16-14-50-39(12-24(16)51-36-34(48)32(46)30(44)26(53-36)15-49-35-33(47)31(45)29(43)25(13-40)52-35)17(2)28-23(54-39)11-22-20-6-5-18-9-19(41)10-27(42)38(18,4)21(20)7-8-37(22,28)3/h16-36,40-48H,5-15H2,1-4H3/t16-,17-,18+,19+,20+,21-,22-,23?,24-,25+,26+,27+,28-,29+,30+,31-,32-,33+,34+,35+,36+,37-,38-,39+/m0/s1. The second-order valence-corrected chi connectivity index (χ2v) is 18.9. The number of rotatable bonds is 6. The molecule has 4 saturated heterocycles. The third-order valence-corrected chi connectivity index (χ3v) is 16.4. The number of hydrogen-bond acceptors (Lipinski definition) is 15. The van der Waals surface area contributed by atoms with Gasteiger partial charge in [-0.2, -0.15) is 0 Å². The van der Waals surface area contributed by atoms with Crippen LogP contribution in [0.25, 0.3) is 0 Å². The highest BCUT2D eigenvalue weighted by atomic mass is 16.7. The predicted octanol–water partition coefficient (Wildman–Crippen LogP) is -0.616. The van der Waals surface area contributed by atoms with Crippen molar-refractivity contribution in [1.82, 2.24) is 0 Å². The van der Waals surface area contributed by atoms with Gasteiger partial charge in [-0.3, -0.25) is 0 Å². The lowest BCUT2D eigenvalue weighted by Crippen LogP contribution is -2.62. The van der Waals surface area contributed by atoms with E-state index in [1.165, 1.54) is 0 Å². The van der Waals surface area contributed by atoms with E-state index in [4.69, 9.17) is 28.4 Å². The van der Waals surface area contributed by atoms with Crippen LogP contribution in [-0.2, 0) is 28.4 Å². The fourth-order valence-corrected chi connectivity index (χ4v) is 13.2. The van der Waals surface area contributed by atoms with Crippen molar-refractivity contribution in [2.45, 2.75) is 171 Å². The molecule has 9 N–H and O–H groups in total. The predicted molar refractivity (Wildman–Crippen MR) is 186 cm³/mol. The van der Waals surface area contributed by atoms with Crippen LogP contribution >= 0.6 is 0 Å². The lowest BCUT2D eigenvalue weighted by Gasteiger charge is -2.62. The number of hydrogen-bond donors (Lipinski definition) is 9. The van der Waals surface area contributed by atoms with Gasteiger partial charge >= 0.3 is 0 Å². The molecular weight excluding hydrogens is 708 g/mol. The van der Waals surface area contributed by atoms with E-state index in [-0.39, 0.29) is 34.7 Å². The van der Waals surface area contributed by atoms with E-state index in [9.17, 15) is 46.0 Å². The summed E-state index contributed by atoms with van der Waals surface area (Å²) in [6.45, 7) is 8.20. The van der Waals surface area contributed by atoms with E-state index in [1.54, 1.807) is 0 Å². The Balaban J connectivity index is 0.935. The van der Waals surface area contributed by atoms with Crippen LogP contribution in [0.15, 0.2) is 0 Å². The molecule has 4 heterocycles. The van der Waals surface area contributed by atoms with Gasteiger partial charge in [-0.1, -0.05) is 27.7 Å². The van der Waals surface area contributed by atoms with Gasteiger partial charge in [0.2, 0.25) is 0 Å². The largest absolute Gasteiger partial charge is 0.394 e. The Morgan fingerprint density at radius 3 is 2.15 bits per heavy atom. The summed E-state index contributed by atoms with van der Waals surface area (Å²) in [7, 11) is 0. The smallest absolute Gasteiger partial charge is 0.186 e. The van der Waals surface area contributed by atoms with Crippen molar-refractivity contribution >= 4 is 0 Å². The Bertz CT molecular complexity index is 1340. The molecule has 4 aliphatic carbocycles. The molecule has 1 unspecified atom stereocenters. The van der Waals surface area contributed by atoms with Gasteiger partial charge in [-0.05, 0) is 85.4 Å². The minimum Gasteiger partial charge on any atom is -0.394 e. The van der Waals surface area contributed by atoms with Crippen LogP contribution in [0.3, 0.4) is 0 Å². The molecule has 1 spiro atoms. The van der Waals surface area contributed by atoms with E-state index < -0.39 is 98.7 Å². The summed E-state index contributed by atoms with van der Waals surface area (Å²) in [6.07, 6.45) is -9.55. The minimum atomic E-state index is -1.66. The molecule has 0 aromatic heterocycles. The van der Waals surface area contributed by atoms with Crippen LogP contribution in [0.5, 0.6) is 0 Å². The summed E-state index contributed by atoms with van der Waals surface area (Å²) in [5, 5.41) is 94.6. The molecule has 8 aliphatic rings. The van der Waals surface area contributed by atoms with Crippen molar-refractivity contribution < 1.29 is 74.4 Å². The Labute approximate surface area is 316 Å². The maximum atomic E-state index is 11.4. The van der Waals surface area contributed by atoms with Crippen molar-refractivity contribution in [3.05, 3.63) is 0 Å². The van der Waals surface area contributed by atoms with Gasteiger partial charge in [0, 0.05) is 18.3 Å². The number of fused-ring (bicyclic) bond motifs is 7. The molecule has 310 valence electrons. The van der Waals surface area contributed by atoms with Crippen LogP contribution < -0.4 is 0 Å². The molecule has 15 nitrogen and oxygen atoms in total. The molecule has 0 bridgehead atoms. The molecule has 4 saturated carbocycles. The fourth-order valence-electron chi connectivity index (χ4n) is 13.2. The quantitative estimate of drug-likeness (QED) is 0.164. The molecule has 15 heteroatoms. The van der Waals surface area contributed by atoms with Crippen molar-refractivity contribution in [2.24, 2.45) is 52.3 Å². The van der Waals surface area contributed by atoms with E-state index in [1.807, 2.05) is 6.92 Å². The molecule has 0 radical (unpaired) electrons.